The van der Waals surface area contributed by atoms with Gasteiger partial charge in [0.25, 0.3) is 0 Å². The molecule has 3 saturated heterocycles. The number of rotatable bonds is 3. The number of hydrogen-bond acceptors (Lipinski definition) is 3. The molecule has 0 aliphatic carbocycles. The number of alkyl halides is 6. The Kier molecular flexibility index (Phi) is 7.39. The van der Waals surface area contributed by atoms with E-state index in [4.69, 9.17) is 0 Å². The fourth-order valence-corrected chi connectivity index (χ4v) is 6.57. The summed E-state index contributed by atoms with van der Waals surface area (Å²) in [5.74, 6) is -1.30. The van der Waals surface area contributed by atoms with Crippen LogP contribution < -0.4 is 0 Å². The highest BCUT2D eigenvalue weighted by atomic mass is 19.4. The molecule has 2 amide bonds. The zero-order valence-electron chi connectivity index (χ0n) is 22.2. The molecular formula is C29H31F6N3O2. The summed E-state index contributed by atoms with van der Waals surface area (Å²) in [6.45, 7) is 3.26. The van der Waals surface area contributed by atoms with Gasteiger partial charge in [-0.1, -0.05) is 29.8 Å². The molecule has 3 fully saturated rings. The lowest BCUT2D eigenvalue weighted by Crippen LogP contribution is -2.63. The minimum atomic E-state index is -4.98. The van der Waals surface area contributed by atoms with Crippen LogP contribution in [-0.4, -0.2) is 65.8 Å². The van der Waals surface area contributed by atoms with Crippen LogP contribution in [0.15, 0.2) is 42.5 Å². The molecule has 0 aromatic heterocycles. The number of carbonyl (C=O) groups is 2. The second-order valence-corrected chi connectivity index (χ2v) is 11.3. The molecule has 2 aromatic carbocycles. The van der Waals surface area contributed by atoms with Crippen molar-refractivity contribution in [3.8, 4) is 0 Å². The molecule has 0 bridgehead atoms. The fourth-order valence-electron chi connectivity index (χ4n) is 6.57. The summed E-state index contributed by atoms with van der Waals surface area (Å²) in [5.41, 5.74) is -1.15. The third-order valence-electron chi connectivity index (χ3n) is 8.48. The van der Waals surface area contributed by atoms with E-state index in [1.165, 1.54) is 4.90 Å². The summed E-state index contributed by atoms with van der Waals surface area (Å²) in [6.07, 6.45) is -8.89. The Morgan fingerprint density at radius 1 is 0.850 bits per heavy atom. The van der Waals surface area contributed by atoms with Gasteiger partial charge in [-0.3, -0.25) is 9.59 Å². The van der Waals surface area contributed by atoms with Crippen LogP contribution in [0.25, 0.3) is 0 Å². The number of aryl methyl sites for hydroxylation is 1. The average molecular weight is 568 g/mol. The van der Waals surface area contributed by atoms with Crippen LogP contribution in [0.4, 0.5) is 26.3 Å². The van der Waals surface area contributed by atoms with Gasteiger partial charge in [0.1, 0.15) is 6.04 Å². The van der Waals surface area contributed by atoms with Gasteiger partial charge < -0.3 is 14.7 Å². The van der Waals surface area contributed by atoms with E-state index in [0.29, 0.717) is 31.5 Å². The highest BCUT2D eigenvalue weighted by Gasteiger charge is 2.54. The maximum atomic E-state index is 14.2. The monoisotopic (exact) mass is 567 g/mol. The lowest BCUT2D eigenvalue weighted by Gasteiger charge is -2.51. The SMILES string of the molecule is Cc1ccc(C2C3CCN(C)CC3C(=O)N3CCCN(Cc4cc(C(F)(F)F)cc(C(F)(F)F)c4)C(=O)C23)cc1. The van der Waals surface area contributed by atoms with Gasteiger partial charge in [0.05, 0.1) is 17.0 Å². The largest absolute Gasteiger partial charge is 0.416 e. The molecule has 5 nitrogen and oxygen atoms in total. The molecule has 4 unspecified atom stereocenters. The lowest BCUT2D eigenvalue weighted by molar-refractivity contribution is -0.158. The first kappa shape index (κ1) is 28.4. The molecule has 5 rings (SSSR count). The number of fused-ring (bicyclic) bond motifs is 2. The summed E-state index contributed by atoms with van der Waals surface area (Å²) in [4.78, 5) is 32.9. The second kappa shape index (κ2) is 10.4. The molecule has 40 heavy (non-hydrogen) atoms. The van der Waals surface area contributed by atoms with Gasteiger partial charge in [-0.05, 0) is 68.6 Å². The van der Waals surface area contributed by atoms with Crippen molar-refractivity contribution in [2.45, 2.75) is 50.6 Å². The van der Waals surface area contributed by atoms with Crippen LogP contribution in [0.1, 0.15) is 46.6 Å². The van der Waals surface area contributed by atoms with E-state index in [2.05, 4.69) is 4.90 Å². The van der Waals surface area contributed by atoms with Crippen molar-refractivity contribution in [3.63, 3.8) is 0 Å². The van der Waals surface area contributed by atoms with E-state index in [9.17, 15) is 35.9 Å². The summed E-state index contributed by atoms with van der Waals surface area (Å²) < 4.78 is 80.9. The van der Waals surface area contributed by atoms with Gasteiger partial charge in [-0.25, -0.2) is 0 Å². The molecule has 216 valence electrons. The van der Waals surface area contributed by atoms with Crippen LogP contribution in [0.5, 0.6) is 0 Å². The van der Waals surface area contributed by atoms with Gasteiger partial charge in [0.2, 0.25) is 11.8 Å². The van der Waals surface area contributed by atoms with Gasteiger partial charge in [0, 0.05) is 32.1 Å². The second-order valence-electron chi connectivity index (χ2n) is 11.3. The molecule has 11 heteroatoms. The maximum absolute atomic E-state index is 14.2. The van der Waals surface area contributed by atoms with Crippen molar-refractivity contribution < 1.29 is 35.9 Å². The Morgan fingerprint density at radius 2 is 1.48 bits per heavy atom. The minimum Gasteiger partial charge on any atom is -0.336 e. The number of piperidine rings is 2. The number of amides is 2. The quantitative estimate of drug-likeness (QED) is 0.472. The molecule has 0 spiro atoms. The molecule has 3 aliphatic rings. The highest BCUT2D eigenvalue weighted by Crippen LogP contribution is 2.46. The number of hydrogen-bond donors (Lipinski definition) is 0. The predicted molar refractivity (Wildman–Crippen MR) is 135 cm³/mol. The van der Waals surface area contributed by atoms with E-state index in [0.717, 1.165) is 17.7 Å². The van der Waals surface area contributed by atoms with E-state index in [-0.39, 0.29) is 48.4 Å². The zero-order valence-corrected chi connectivity index (χ0v) is 22.2. The van der Waals surface area contributed by atoms with Crippen LogP contribution in [0.3, 0.4) is 0 Å². The van der Waals surface area contributed by atoms with E-state index in [1.54, 1.807) is 4.90 Å². The molecule has 2 aromatic rings. The molecule has 0 saturated carbocycles. The van der Waals surface area contributed by atoms with Gasteiger partial charge in [-0.15, -0.1) is 0 Å². The number of likely N-dealkylation sites (tertiary alicyclic amines) is 1. The maximum Gasteiger partial charge on any atom is 0.416 e. The van der Waals surface area contributed by atoms with Crippen molar-refractivity contribution in [2.24, 2.45) is 11.8 Å². The fraction of sp³-hybridized carbons (Fsp3) is 0.517. The molecule has 0 N–H and O–H groups in total. The average Bonchev–Trinajstić information content (AvgIpc) is 3.03. The topological polar surface area (TPSA) is 43.9 Å². The van der Waals surface area contributed by atoms with Crippen molar-refractivity contribution in [1.29, 1.82) is 0 Å². The zero-order chi connectivity index (χ0) is 29.0. The lowest BCUT2D eigenvalue weighted by atomic mass is 9.66. The number of carbonyl (C=O) groups excluding carboxylic acids is 2. The van der Waals surface area contributed by atoms with Gasteiger partial charge in [0.15, 0.2) is 0 Å². The third kappa shape index (κ3) is 5.44. The van der Waals surface area contributed by atoms with Crippen LogP contribution in [-0.2, 0) is 28.5 Å². The summed E-state index contributed by atoms with van der Waals surface area (Å²) in [6, 6.07) is 8.34. The molecule has 3 aliphatic heterocycles. The van der Waals surface area contributed by atoms with E-state index >= 15 is 0 Å². The Balaban J connectivity index is 1.53. The van der Waals surface area contributed by atoms with Crippen molar-refractivity contribution in [2.75, 3.05) is 33.2 Å². The van der Waals surface area contributed by atoms with Gasteiger partial charge >= 0.3 is 12.4 Å². The minimum absolute atomic E-state index is 0.0863. The van der Waals surface area contributed by atoms with Crippen LogP contribution in [0.2, 0.25) is 0 Å². The summed E-state index contributed by atoms with van der Waals surface area (Å²) in [5, 5.41) is 0. The Labute approximate surface area is 228 Å². The number of benzene rings is 2. The first-order valence-corrected chi connectivity index (χ1v) is 13.4. The Bertz CT molecular complexity index is 1240. The smallest absolute Gasteiger partial charge is 0.336 e. The number of nitrogens with zero attached hydrogens (tertiary/aromatic N) is 3. The van der Waals surface area contributed by atoms with Crippen LogP contribution in [0, 0.1) is 18.8 Å². The summed E-state index contributed by atoms with van der Waals surface area (Å²) >= 11 is 0. The third-order valence-corrected chi connectivity index (χ3v) is 8.48. The van der Waals surface area contributed by atoms with E-state index < -0.39 is 42.0 Å². The van der Waals surface area contributed by atoms with Crippen molar-refractivity contribution >= 4 is 11.8 Å². The first-order chi connectivity index (χ1) is 18.7. The van der Waals surface area contributed by atoms with Crippen molar-refractivity contribution in [3.05, 3.63) is 70.3 Å². The molecular weight excluding hydrogens is 536 g/mol. The normalized spacial score (nSPS) is 26.4. The standard InChI is InChI=1S/C29H31F6N3O2/c1-17-4-6-19(7-5-17)24-22-8-11-36(2)16-23(22)26(39)38-10-3-9-37(27(40)25(24)38)15-18-12-20(28(30,31)32)14-21(13-18)29(33,34)35/h4-7,12-14,22-25H,3,8-11,15-16H2,1-2H3. The number of halogens is 6. The highest BCUT2D eigenvalue weighted by molar-refractivity contribution is 5.92. The van der Waals surface area contributed by atoms with Crippen LogP contribution >= 0.6 is 0 Å². The van der Waals surface area contributed by atoms with E-state index in [1.807, 2.05) is 38.2 Å². The summed E-state index contributed by atoms with van der Waals surface area (Å²) in [7, 11) is 1.95. The Morgan fingerprint density at radius 3 is 2.08 bits per heavy atom. The predicted octanol–water partition coefficient (Wildman–Crippen LogP) is 5.33. The van der Waals surface area contributed by atoms with Gasteiger partial charge in [-0.2, -0.15) is 26.3 Å². The van der Waals surface area contributed by atoms with Crippen molar-refractivity contribution in [1.82, 2.24) is 14.7 Å². The molecule has 4 atom stereocenters. The molecule has 3 heterocycles. The molecule has 0 radical (unpaired) electrons. The first-order valence-electron chi connectivity index (χ1n) is 13.4. The Hall–Kier alpha value is -3.08.